The van der Waals surface area contributed by atoms with E-state index in [1.165, 1.54) is 0 Å². The fraction of sp³-hybridized carbons (Fsp3) is 0.647. The average Bonchev–Trinajstić information content (AvgIpc) is 3.23. The number of hydrogen-bond donors (Lipinski definition) is 0. The molecule has 3 aliphatic heterocycles. The maximum Gasteiger partial charge on any atom is 0.246 e. The molecule has 0 unspecified atom stereocenters. The number of pyridine rings is 1. The van der Waals surface area contributed by atoms with E-state index in [4.69, 9.17) is 9.57 Å². The molecule has 4 heterocycles. The van der Waals surface area contributed by atoms with Crippen molar-refractivity contribution in [2.45, 2.75) is 19.4 Å². The lowest BCUT2D eigenvalue weighted by Gasteiger charge is -2.28. The van der Waals surface area contributed by atoms with Crippen LogP contribution in [-0.4, -0.2) is 60.3 Å². The lowest BCUT2D eigenvalue weighted by molar-refractivity contribution is -0.171. The normalized spacial score (nSPS) is 30.8. The largest absolute Gasteiger partial charge is 0.380 e. The Labute approximate surface area is 136 Å². The van der Waals surface area contributed by atoms with Gasteiger partial charge in [-0.25, -0.2) is 5.06 Å². The topological polar surface area (TPSA) is 54.9 Å². The first-order chi connectivity index (χ1) is 11.3. The Hall–Kier alpha value is -1.50. The van der Waals surface area contributed by atoms with E-state index in [9.17, 15) is 4.79 Å². The Bertz CT molecular complexity index is 561. The molecule has 0 saturated carbocycles. The van der Waals surface area contributed by atoms with Crippen molar-refractivity contribution in [3.05, 3.63) is 30.1 Å². The summed E-state index contributed by atoms with van der Waals surface area (Å²) in [4.78, 5) is 24.8. The predicted octanol–water partition coefficient (Wildman–Crippen LogP) is 1.08. The summed E-state index contributed by atoms with van der Waals surface area (Å²) >= 11 is 0. The zero-order chi connectivity index (χ0) is 15.7. The number of hydrogen-bond acceptors (Lipinski definition) is 5. The van der Waals surface area contributed by atoms with Gasteiger partial charge in [0, 0.05) is 43.6 Å². The van der Waals surface area contributed by atoms with E-state index < -0.39 is 0 Å². The lowest BCUT2D eigenvalue weighted by Crippen LogP contribution is -2.38. The molecule has 3 aliphatic rings. The fourth-order valence-electron chi connectivity index (χ4n) is 4.07. The molecular weight excluding hydrogens is 294 g/mol. The van der Waals surface area contributed by atoms with Crippen molar-refractivity contribution in [1.82, 2.24) is 14.9 Å². The third-order valence-electron chi connectivity index (χ3n) is 5.24. The van der Waals surface area contributed by atoms with Gasteiger partial charge in [0.15, 0.2) is 0 Å². The predicted molar refractivity (Wildman–Crippen MR) is 83.2 cm³/mol. The van der Waals surface area contributed by atoms with Crippen molar-refractivity contribution in [1.29, 1.82) is 0 Å². The Balaban J connectivity index is 1.43. The SMILES string of the molecule is O=C(C[C@@]12COC[C@@H]1CN(Cc1ccccn1)C2)N1CCCO1. The maximum absolute atomic E-state index is 12.5. The van der Waals surface area contributed by atoms with Crippen molar-refractivity contribution in [3.63, 3.8) is 0 Å². The van der Waals surface area contributed by atoms with Gasteiger partial charge in [0.2, 0.25) is 5.91 Å². The van der Waals surface area contributed by atoms with Gasteiger partial charge in [-0.05, 0) is 18.6 Å². The van der Waals surface area contributed by atoms with Gasteiger partial charge < -0.3 is 4.74 Å². The highest BCUT2D eigenvalue weighted by molar-refractivity contribution is 5.76. The van der Waals surface area contributed by atoms with Crippen molar-refractivity contribution in [2.75, 3.05) is 39.5 Å². The monoisotopic (exact) mass is 317 g/mol. The molecule has 6 nitrogen and oxygen atoms in total. The zero-order valence-electron chi connectivity index (χ0n) is 13.3. The molecule has 1 aromatic rings. The van der Waals surface area contributed by atoms with Gasteiger partial charge in [-0.2, -0.15) is 0 Å². The van der Waals surface area contributed by atoms with Crippen molar-refractivity contribution in [2.24, 2.45) is 11.3 Å². The number of nitrogens with zero attached hydrogens (tertiary/aromatic N) is 3. The van der Waals surface area contributed by atoms with Crippen LogP contribution < -0.4 is 0 Å². The van der Waals surface area contributed by atoms with Gasteiger partial charge in [0.1, 0.15) is 0 Å². The second-order valence-electron chi connectivity index (χ2n) is 6.92. The van der Waals surface area contributed by atoms with Crippen LogP contribution in [0.2, 0.25) is 0 Å². The second-order valence-corrected chi connectivity index (χ2v) is 6.92. The number of rotatable bonds is 4. The van der Waals surface area contributed by atoms with Crippen LogP contribution in [0.1, 0.15) is 18.5 Å². The van der Waals surface area contributed by atoms with Gasteiger partial charge in [0.25, 0.3) is 0 Å². The molecule has 23 heavy (non-hydrogen) atoms. The number of aromatic nitrogens is 1. The minimum Gasteiger partial charge on any atom is -0.380 e. The molecule has 1 amide bonds. The molecule has 0 spiro atoms. The minimum atomic E-state index is -0.0577. The molecule has 0 N–H and O–H groups in total. The van der Waals surface area contributed by atoms with Crippen LogP contribution in [-0.2, 0) is 20.9 Å². The first-order valence-corrected chi connectivity index (χ1v) is 8.38. The fourth-order valence-corrected chi connectivity index (χ4v) is 4.07. The summed E-state index contributed by atoms with van der Waals surface area (Å²) in [6.45, 7) is 5.53. The third-order valence-corrected chi connectivity index (χ3v) is 5.24. The lowest BCUT2D eigenvalue weighted by atomic mass is 9.78. The molecular formula is C17H23N3O3. The van der Waals surface area contributed by atoms with E-state index in [1.54, 1.807) is 5.06 Å². The van der Waals surface area contributed by atoms with E-state index in [0.29, 0.717) is 25.6 Å². The number of fused-ring (bicyclic) bond motifs is 1. The highest BCUT2D eigenvalue weighted by atomic mass is 16.7. The molecule has 3 fully saturated rings. The molecule has 3 saturated heterocycles. The Morgan fingerprint density at radius 2 is 2.39 bits per heavy atom. The number of amides is 1. The van der Waals surface area contributed by atoms with Crippen LogP contribution in [0.3, 0.4) is 0 Å². The Kier molecular flexibility index (Phi) is 4.05. The van der Waals surface area contributed by atoms with E-state index in [1.807, 2.05) is 18.3 Å². The first-order valence-electron chi connectivity index (χ1n) is 8.38. The van der Waals surface area contributed by atoms with Crippen molar-refractivity contribution in [3.8, 4) is 0 Å². The van der Waals surface area contributed by atoms with Crippen LogP contribution in [0.4, 0.5) is 0 Å². The van der Waals surface area contributed by atoms with Crippen molar-refractivity contribution < 1.29 is 14.4 Å². The second kappa shape index (κ2) is 6.19. The summed E-state index contributed by atoms with van der Waals surface area (Å²) in [6, 6.07) is 6.01. The summed E-state index contributed by atoms with van der Waals surface area (Å²) < 4.78 is 5.72. The summed E-state index contributed by atoms with van der Waals surface area (Å²) in [5.74, 6) is 0.537. The minimum absolute atomic E-state index is 0.0577. The van der Waals surface area contributed by atoms with Crippen LogP contribution in [0, 0.1) is 11.3 Å². The maximum atomic E-state index is 12.5. The molecule has 124 valence electrons. The van der Waals surface area contributed by atoms with Crippen LogP contribution in [0.15, 0.2) is 24.4 Å². The smallest absolute Gasteiger partial charge is 0.246 e. The van der Waals surface area contributed by atoms with Gasteiger partial charge >= 0.3 is 0 Å². The highest BCUT2D eigenvalue weighted by Gasteiger charge is 2.52. The number of carbonyl (C=O) groups is 1. The molecule has 0 radical (unpaired) electrons. The first kappa shape index (κ1) is 15.1. The molecule has 4 rings (SSSR count). The van der Waals surface area contributed by atoms with Crippen LogP contribution >= 0.6 is 0 Å². The summed E-state index contributed by atoms with van der Waals surface area (Å²) in [6.07, 6.45) is 3.29. The molecule has 2 atom stereocenters. The van der Waals surface area contributed by atoms with Gasteiger partial charge in [-0.3, -0.25) is 19.5 Å². The zero-order valence-corrected chi connectivity index (χ0v) is 13.3. The van der Waals surface area contributed by atoms with Crippen LogP contribution in [0.5, 0.6) is 0 Å². The highest BCUT2D eigenvalue weighted by Crippen LogP contribution is 2.44. The number of likely N-dealkylation sites (tertiary alicyclic amines) is 1. The van der Waals surface area contributed by atoms with Gasteiger partial charge in [-0.1, -0.05) is 6.07 Å². The summed E-state index contributed by atoms with van der Waals surface area (Å²) in [5, 5.41) is 1.55. The summed E-state index contributed by atoms with van der Waals surface area (Å²) in [7, 11) is 0. The third kappa shape index (κ3) is 2.98. The Morgan fingerprint density at radius 1 is 1.43 bits per heavy atom. The van der Waals surface area contributed by atoms with E-state index in [0.717, 1.165) is 44.9 Å². The van der Waals surface area contributed by atoms with Gasteiger partial charge in [-0.15, -0.1) is 0 Å². The Morgan fingerprint density at radius 3 is 3.17 bits per heavy atom. The average molecular weight is 317 g/mol. The van der Waals surface area contributed by atoms with Gasteiger partial charge in [0.05, 0.1) is 32.1 Å². The molecule has 6 heteroatoms. The number of hydroxylamine groups is 2. The van der Waals surface area contributed by atoms with E-state index in [-0.39, 0.29) is 11.3 Å². The van der Waals surface area contributed by atoms with E-state index >= 15 is 0 Å². The number of carbonyl (C=O) groups excluding carboxylic acids is 1. The van der Waals surface area contributed by atoms with Crippen molar-refractivity contribution >= 4 is 5.91 Å². The molecule has 1 aromatic heterocycles. The molecule has 0 aromatic carbocycles. The van der Waals surface area contributed by atoms with Crippen LogP contribution in [0.25, 0.3) is 0 Å². The molecule has 0 aliphatic carbocycles. The quantitative estimate of drug-likeness (QED) is 0.832. The standard InChI is InChI=1S/C17H23N3O3/c21-16(20-6-3-7-23-20)8-17-12-19(9-14(17)11-22-13-17)10-15-4-1-2-5-18-15/h1-2,4-5,14H,3,6-13H2/t14-,17+/m0/s1. The number of ether oxygens (including phenoxy) is 1. The van der Waals surface area contributed by atoms with E-state index in [2.05, 4.69) is 16.0 Å². The summed E-state index contributed by atoms with van der Waals surface area (Å²) in [5.41, 5.74) is 1.02. The molecule has 0 bridgehead atoms.